The molecule has 1 N–H and O–H groups in total. The van der Waals surface area contributed by atoms with E-state index in [2.05, 4.69) is 54.2 Å². The van der Waals surface area contributed by atoms with Gasteiger partial charge in [-0.2, -0.15) is 0 Å². The molecule has 1 unspecified atom stereocenters. The molecule has 0 amide bonds. The Morgan fingerprint density at radius 2 is 2.19 bits per heavy atom. The minimum absolute atomic E-state index is 0.521. The van der Waals surface area contributed by atoms with Crippen LogP contribution in [0.3, 0.4) is 0 Å². The van der Waals surface area contributed by atoms with Crippen LogP contribution in [-0.4, -0.2) is 19.7 Å². The molecule has 0 heterocycles. The van der Waals surface area contributed by atoms with Gasteiger partial charge in [-0.15, -0.1) is 0 Å². The van der Waals surface area contributed by atoms with Crippen molar-refractivity contribution in [3.05, 3.63) is 28.2 Å². The number of halogens is 1. The lowest BCUT2D eigenvalue weighted by Gasteiger charge is -2.14. The topological polar surface area (TPSA) is 21.3 Å². The molecule has 3 heteroatoms. The van der Waals surface area contributed by atoms with Crippen molar-refractivity contribution in [3.63, 3.8) is 0 Å². The van der Waals surface area contributed by atoms with E-state index in [1.54, 1.807) is 0 Å². The summed E-state index contributed by atoms with van der Waals surface area (Å²) in [6.45, 7) is 9.13. The fourth-order valence-electron chi connectivity index (χ4n) is 1.40. The summed E-state index contributed by atoms with van der Waals surface area (Å²) in [4.78, 5) is 0. The monoisotopic (exact) mass is 285 g/mol. The van der Waals surface area contributed by atoms with E-state index in [0.29, 0.717) is 5.92 Å². The molecule has 1 rings (SSSR count). The van der Waals surface area contributed by atoms with Gasteiger partial charge in [-0.3, -0.25) is 0 Å². The molecule has 0 aliphatic rings. The Morgan fingerprint density at radius 3 is 2.81 bits per heavy atom. The Hall–Kier alpha value is -0.540. The number of ether oxygens (including phenoxy) is 1. The van der Waals surface area contributed by atoms with E-state index in [4.69, 9.17) is 4.74 Å². The summed E-state index contributed by atoms with van der Waals surface area (Å²) >= 11 is 3.51. The third-order valence-corrected chi connectivity index (χ3v) is 2.97. The highest BCUT2D eigenvalue weighted by molar-refractivity contribution is 9.10. The lowest BCUT2D eigenvalue weighted by Crippen LogP contribution is -2.24. The van der Waals surface area contributed by atoms with E-state index in [0.717, 1.165) is 29.9 Å². The predicted molar refractivity (Wildman–Crippen MR) is 72.1 cm³/mol. The highest BCUT2D eigenvalue weighted by atomic mass is 79.9. The van der Waals surface area contributed by atoms with E-state index >= 15 is 0 Å². The lowest BCUT2D eigenvalue weighted by atomic mass is 10.2. The van der Waals surface area contributed by atoms with Gasteiger partial charge in [0.1, 0.15) is 5.75 Å². The van der Waals surface area contributed by atoms with E-state index < -0.39 is 0 Å². The molecule has 0 saturated carbocycles. The van der Waals surface area contributed by atoms with Gasteiger partial charge in [0, 0.05) is 12.5 Å². The summed E-state index contributed by atoms with van der Waals surface area (Å²) in [5, 5.41) is 3.32. The molecule has 0 aliphatic heterocycles. The maximum Gasteiger partial charge on any atom is 0.133 e. The van der Waals surface area contributed by atoms with E-state index in [-0.39, 0.29) is 0 Å². The van der Waals surface area contributed by atoms with Gasteiger partial charge in [-0.05, 0) is 47.1 Å². The van der Waals surface area contributed by atoms with Crippen molar-refractivity contribution in [1.82, 2.24) is 5.32 Å². The van der Waals surface area contributed by atoms with Gasteiger partial charge in [0.2, 0.25) is 0 Å². The average Bonchev–Trinajstić information content (AvgIpc) is 2.25. The van der Waals surface area contributed by atoms with Crippen LogP contribution in [0.25, 0.3) is 0 Å². The standard InChI is InChI=1S/C13H20BrNO/c1-4-15-8-11(3)9-16-13-6-5-10(2)7-12(13)14/h5-7,11,15H,4,8-9H2,1-3H3. The van der Waals surface area contributed by atoms with Gasteiger partial charge in [0.25, 0.3) is 0 Å². The first-order chi connectivity index (χ1) is 7.63. The van der Waals surface area contributed by atoms with Crippen LogP contribution in [0.15, 0.2) is 22.7 Å². The van der Waals surface area contributed by atoms with Crippen LogP contribution in [0.4, 0.5) is 0 Å². The normalized spacial score (nSPS) is 12.5. The second-order valence-corrected chi connectivity index (χ2v) is 5.01. The summed E-state index contributed by atoms with van der Waals surface area (Å²) in [5.74, 6) is 1.45. The van der Waals surface area contributed by atoms with E-state index in [9.17, 15) is 0 Å². The zero-order chi connectivity index (χ0) is 12.0. The van der Waals surface area contributed by atoms with Crippen molar-refractivity contribution < 1.29 is 4.74 Å². The molecule has 1 atom stereocenters. The Morgan fingerprint density at radius 1 is 1.44 bits per heavy atom. The van der Waals surface area contributed by atoms with Crippen molar-refractivity contribution in [1.29, 1.82) is 0 Å². The molecule has 0 fully saturated rings. The molecular formula is C13H20BrNO. The van der Waals surface area contributed by atoms with Gasteiger partial charge >= 0.3 is 0 Å². The maximum absolute atomic E-state index is 5.76. The van der Waals surface area contributed by atoms with Gasteiger partial charge < -0.3 is 10.1 Å². The van der Waals surface area contributed by atoms with Crippen molar-refractivity contribution in [2.45, 2.75) is 20.8 Å². The fraction of sp³-hybridized carbons (Fsp3) is 0.538. The highest BCUT2D eigenvalue weighted by Crippen LogP contribution is 2.25. The Labute approximate surface area is 107 Å². The first kappa shape index (κ1) is 13.5. The van der Waals surface area contributed by atoms with Crippen LogP contribution >= 0.6 is 15.9 Å². The lowest BCUT2D eigenvalue weighted by molar-refractivity contribution is 0.255. The second-order valence-electron chi connectivity index (χ2n) is 4.16. The minimum atomic E-state index is 0.521. The highest BCUT2D eigenvalue weighted by Gasteiger charge is 2.05. The molecular weight excluding hydrogens is 266 g/mol. The van der Waals surface area contributed by atoms with Crippen LogP contribution in [0.5, 0.6) is 5.75 Å². The summed E-state index contributed by atoms with van der Waals surface area (Å²) < 4.78 is 6.79. The minimum Gasteiger partial charge on any atom is -0.492 e. The maximum atomic E-state index is 5.76. The SMILES string of the molecule is CCNCC(C)COc1ccc(C)cc1Br. The number of aryl methyl sites for hydroxylation is 1. The number of hydrogen-bond acceptors (Lipinski definition) is 2. The van der Waals surface area contributed by atoms with E-state index in [1.165, 1.54) is 5.56 Å². The molecule has 0 saturated heterocycles. The van der Waals surface area contributed by atoms with Gasteiger partial charge in [0.05, 0.1) is 11.1 Å². The quantitative estimate of drug-likeness (QED) is 0.865. The molecule has 16 heavy (non-hydrogen) atoms. The van der Waals surface area contributed by atoms with Crippen molar-refractivity contribution in [2.75, 3.05) is 19.7 Å². The summed E-state index contributed by atoms with van der Waals surface area (Å²) in [7, 11) is 0. The average molecular weight is 286 g/mol. The van der Waals surface area contributed by atoms with Gasteiger partial charge in [-0.25, -0.2) is 0 Å². The van der Waals surface area contributed by atoms with Crippen LogP contribution in [-0.2, 0) is 0 Å². The smallest absolute Gasteiger partial charge is 0.133 e. The molecule has 0 radical (unpaired) electrons. The first-order valence-corrected chi connectivity index (χ1v) is 6.52. The second kappa shape index (κ2) is 6.92. The number of benzene rings is 1. The molecule has 2 nitrogen and oxygen atoms in total. The van der Waals surface area contributed by atoms with Gasteiger partial charge in [0.15, 0.2) is 0 Å². The zero-order valence-electron chi connectivity index (χ0n) is 10.2. The molecule has 1 aromatic rings. The van der Waals surface area contributed by atoms with Crippen LogP contribution in [0.2, 0.25) is 0 Å². The van der Waals surface area contributed by atoms with Gasteiger partial charge in [-0.1, -0.05) is 19.9 Å². The third-order valence-electron chi connectivity index (χ3n) is 2.35. The molecule has 0 aliphatic carbocycles. The van der Waals surface area contributed by atoms with E-state index in [1.807, 2.05) is 6.07 Å². The van der Waals surface area contributed by atoms with Crippen LogP contribution < -0.4 is 10.1 Å². The Bertz CT molecular complexity index is 328. The number of nitrogens with one attached hydrogen (secondary N) is 1. The summed E-state index contributed by atoms with van der Waals surface area (Å²) in [6.07, 6.45) is 0. The molecule has 1 aromatic carbocycles. The fourth-order valence-corrected chi connectivity index (χ4v) is 2.01. The van der Waals surface area contributed by atoms with Crippen molar-refractivity contribution >= 4 is 15.9 Å². The first-order valence-electron chi connectivity index (χ1n) is 5.73. The Kier molecular flexibility index (Phi) is 5.85. The third kappa shape index (κ3) is 4.54. The van der Waals surface area contributed by atoms with Crippen molar-refractivity contribution in [3.8, 4) is 5.75 Å². The van der Waals surface area contributed by atoms with Crippen LogP contribution in [0.1, 0.15) is 19.4 Å². The number of rotatable bonds is 6. The number of hydrogen-bond donors (Lipinski definition) is 1. The molecule has 0 bridgehead atoms. The molecule has 90 valence electrons. The predicted octanol–water partition coefficient (Wildman–Crippen LogP) is 3.38. The molecule has 0 aromatic heterocycles. The molecule has 0 spiro atoms. The largest absolute Gasteiger partial charge is 0.492 e. The zero-order valence-corrected chi connectivity index (χ0v) is 11.8. The van der Waals surface area contributed by atoms with Crippen LogP contribution in [0, 0.1) is 12.8 Å². The summed E-state index contributed by atoms with van der Waals surface area (Å²) in [6, 6.07) is 6.15. The van der Waals surface area contributed by atoms with Crippen molar-refractivity contribution in [2.24, 2.45) is 5.92 Å². The summed E-state index contributed by atoms with van der Waals surface area (Å²) in [5.41, 5.74) is 1.24. The Balaban J connectivity index is 2.42.